The number of ether oxygens (including phenoxy) is 1. The second kappa shape index (κ2) is 12.7. The molecule has 0 fully saturated rings. The number of halogens is 1. The van der Waals surface area contributed by atoms with Crippen LogP contribution in [-0.2, 0) is 19.6 Å². The molecule has 0 aliphatic heterocycles. The molecule has 0 saturated heterocycles. The summed E-state index contributed by atoms with van der Waals surface area (Å²) >= 11 is 0. The van der Waals surface area contributed by atoms with Crippen molar-refractivity contribution < 1.29 is 4.74 Å². The average Bonchev–Trinajstić information content (AvgIpc) is 3.10. The lowest BCUT2D eigenvalue weighted by Gasteiger charge is -2.20. The molecule has 1 aromatic heterocycles. The first kappa shape index (κ1) is 25.2. The van der Waals surface area contributed by atoms with Crippen molar-refractivity contribution >= 4 is 29.9 Å². The normalized spacial score (nSPS) is 12.4. The van der Waals surface area contributed by atoms with Gasteiger partial charge in [0.25, 0.3) is 0 Å². The van der Waals surface area contributed by atoms with E-state index >= 15 is 0 Å². The number of aromatic nitrogens is 3. The van der Waals surface area contributed by atoms with Gasteiger partial charge < -0.3 is 19.9 Å². The molecule has 29 heavy (non-hydrogen) atoms. The maximum Gasteiger partial charge on any atom is 0.191 e. The van der Waals surface area contributed by atoms with E-state index in [1.807, 2.05) is 4.57 Å². The Morgan fingerprint density at radius 3 is 2.59 bits per heavy atom. The Labute approximate surface area is 191 Å². The van der Waals surface area contributed by atoms with Crippen molar-refractivity contribution in [3.8, 4) is 5.75 Å². The summed E-state index contributed by atoms with van der Waals surface area (Å²) in [6.07, 6.45) is 2.95. The summed E-state index contributed by atoms with van der Waals surface area (Å²) in [7, 11) is 1.76. The molecule has 0 aliphatic carbocycles. The molecule has 162 valence electrons. The smallest absolute Gasteiger partial charge is 0.191 e. The van der Waals surface area contributed by atoms with Crippen LogP contribution in [0.2, 0.25) is 0 Å². The quantitative estimate of drug-likeness (QED) is 0.302. The molecule has 0 saturated carbocycles. The third-order valence-corrected chi connectivity index (χ3v) is 4.47. The predicted octanol–water partition coefficient (Wildman–Crippen LogP) is 3.90. The number of hydrogen-bond donors (Lipinski definition) is 2. The lowest BCUT2D eigenvalue weighted by molar-refractivity contribution is 0.191. The molecule has 2 N–H and O–H groups in total. The SMILES string of the molecule is CCn1cnnc1CNC(=NC)NCc1ccc(C)cc1OC(C)CC(C)C.I. The number of aliphatic imine (C=N–C) groups is 1. The molecule has 0 bridgehead atoms. The van der Waals surface area contributed by atoms with Crippen LogP contribution < -0.4 is 15.4 Å². The maximum absolute atomic E-state index is 6.23. The minimum absolute atomic E-state index is 0. The minimum Gasteiger partial charge on any atom is -0.490 e. The maximum atomic E-state index is 6.23. The zero-order chi connectivity index (χ0) is 20.5. The van der Waals surface area contributed by atoms with Crippen molar-refractivity contribution in [2.24, 2.45) is 10.9 Å². The molecule has 1 atom stereocenters. The predicted molar refractivity (Wildman–Crippen MR) is 129 cm³/mol. The van der Waals surface area contributed by atoms with E-state index in [0.717, 1.165) is 30.1 Å². The molecule has 1 unspecified atom stereocenters. The number of benzene rings is 1. The van der Waals surface area contributed by atoms with Gasteiger partial charge in [-0.25, -0.2) is 0 Å². The van der Waals surface area contributed by atoms with Crippen LogP contribution in [0.3, 0.4) is 0 Å². The van der Waals surface area contributed by atoms with E-state index in [0.29, 0.717) is 25.0 Å². The summed E-state index contributed by atoms with van der Waals surface area (Å²) in [5, 5.41) is 14.7. The molecule has 1 heterocycles. The number of rotatable bonds is 9. The van der Waals surface area contributed by atoms with Gasteiger partial charge in [-0.05, 0) is 44.7 Å². The van der Waals surface area contributed by atoms with Crippen LogP contribution in [0, 0.1) is 12.8 Å². The lowest BCUT2D eigenvalue weighted by atomic mass is 10.1. The molecular formula is C21H35IN6O. The Hall–Kier alpha value is -1.84. The van der Waals surface area contributed by atoms with Crippen LogP contribution in [0.5, 0.6) is 5.75 Å². The van der Waals surface area contributed by atoms with Crippen molar-refractivity contribution in [2.45, 2.75) is 66.8 Å². The highest BCUT2D eigenvalue weighted by molar-refractivity contribution is 14.0. The van der Waals surface area contributed by atoms with Crippen molar-refractivity contribution in [2.75, 3.05) is 7.05 Å². The fourth-order valence-corrected chi connectivity index (χ4v) is 3.09. The largest absolute Gasteiger partial charge is 0.490 e. The third kappa shape index (κ3) is 8.20. The van der Waals surface area contributed by atoms with E-state index in [9.17, 15) is 0 Å². The summed E-state index contributed by atoms with van der Waals surface area (Å²) in [6.45, 7) is 12.8. The van der Waals surface area contributed by atoms with Crippen LogP contribution in [0.15, 0.2) is 29.5 Å². The lowest BCUT2D eigenvalue weighted by Crippen LogP contribution is -2.37. The molecule has 2 rings (SSSR count). The first-order valence-electron chi connectivity index (χ1n) is 10.00. The highest BCUT2D eigenvalue weighted by atomic mass is 127. The highest BCUT2D eigenvalue weighted by Gasteiger charge is 2.11. The summed E-state index contributed by atoms with van der Waals surface area (Å²) in [5.74, 6) is 3.14. The van der Waals surface area contributed by atoms with E-state index in [2.05, 4.69) is 78.6 Å². The second-order valence-corrected chi connectivity index (χ2v) is 7.48. The molecule has 0 aliphatic rings. The van der Waals surface area contributed by atoms with Crippen LogP contribution >= 0.6 is 24.0 Å². The molecular weight excluding hydrogens is 479 g/mol. The number of guanidine groups is 1. The number of hydrogen-bond acceptors (Lipinski definition) is 4. The van der Waals surface area contributed by atoms with Gasteiger partial charge in [0.2, 0.25) is 0 Å². The number of nitrogens with zero attached hydrogens (tertiary/aromatic N) is 4. The second-order valence-electron chi connectivity index (χ2n) is 7.48. The Morgan fingerprint density at radius 1 is 1.21 bits per heavy atom. The van der Waals surface area contributed by atoms with E-state index < -0.39 is 0 Å². The van der Waals surface area contributed by atoms with E-state index in [4.69, 9.17) is 4.74 Å². The Kier molecular flexibility index (Phi) is 11.0. The van der Waals surface area contributed by atoms with Gasteiger partial charge in [-0.3, -0.25) is 4.99 Å². The summed E-state index contributed by atoms with van der Waals surface area (Å²) in [6, 6.07) is 6.32. The average molecular weight is 514 g/mol. The summed E-state index contributed by atoms with van der Waals surface area (Å²) in [4.78, 5) is 4.30. The Bertz CT molecular complexity index is 774. The van der Waals surface area contributed by atoms with Gasteiger partial charge in [0.05, 0.1) is 12.6 Å². The van der Waals surface area contributed by atoms with Gasteiger partial charge in [0, 0.05) is 25.7 Å². The molecule has 2 aromatic rings. The topological polar surface area (TPSA) is 76.4 Å². The fourth-order valence-electron chi connectivity index (χ4n) is 3.09. The zero-order valence-corrected chi connectivity index (χ0v) is 20.7. The molecule has 0 amide bonds. The Morgan fingerprint density at radius 2 is 1.93 bits per heavy atom. The van der Waals surface area contributed by atoms with Crippen LogP contribution in [-0.4, -0.2) is 33.9 Å². The first-order valence-corrected chi connectivity index (χ1v) is 10.00. The van der Waals surface area contributed by atoms with E-state index in [1.165, 1.54) is 5.56 Å². The van der Waals surface area contributed by atoms with Gasteiger partial charge in [0.15, 0.2) is 11.8 Å². The van der Waals surface area contributed by atoms with Crippen molar-refractivity contribution in [1.82, 2.24) is 25.4 Å². The summed E-state index contributed by atoms with van der Waals surface area (Å²) in [5.41, 5.74) is 2.30. The third-order valence-electron chi connectivity index (χ3n) is 4.47. The van der Waals surface area contributed by atoms with Crippen molar-refractivity contribution in [3.63, 3.8) is 0 Å². The molecule has 1 aromatic carbocycles. The monoisotopic (exact) mass is 514 g/mol. The standard InChI is InChI=1S/C21H34N6O.HI/c1-7-27-14-25-26-20(27)13-24-21(22-6)23-12-18-9-8-16(4)11-19(18)28-17(5)10-15(2)3;/h8-9,11,14-15,17H,7,10,12-13H2,1-6H3,(H2,22,23,24);1H. The van der Waals surface area contributed by atoms with Crippen molar-refractivity contribution in [1.29, 1.82) is 0 Å². The van der Waals surface area contributed by atoms with Crippen LogP contribution in [0.4, 0.5) is 0 Å². The van der Waals surface area contributed by atoms with E-state index in [1.54, 1.807) is 13.4 Å². The van der Waals surface area contributed by atoms with Gasteiger partial charge in [-0.1, -0.05) is 26.0 Å². The molecule has 8 heteroatoms. The highest BCUT2D eigenvalue weighted by Crippen LogP contribution is 2.23. The van der Waals surface area contributed by atoms with Gasteiger partial charge >= 0.3 is 0 Å². The van der Waals surface area contributed by atoms with Gasteiger partial charge in [-0.15, -0.1) is 34.2 Å². The molecule has 0 spiro atoms. The zero-order valence-electron chi connectivity index (χ0n) is 18.4. The fraction of sp³-hybridized carbons (Fsp3) is 0.571. The minimum atomic E-state index is 0. The number of nitrogens with one attached hydrogen (secondary N) is 2. The Balaban J connectivity index is 0.00000420. The first-order chi connectivity index (χ1) is 13.4. The molecule has 7 nitrogen and oxygen atoms in total. The van der Waals surface area contributed by atoms with E-state index in [-0.39, 0.29) is 30.1 Å². The van der Waals surface area contributed by atoms with Crippen LogP contribution in [0.1, 0.15) is 51.1 Å². The number of aryl methyl sites for hydroxylation is 2. The molecule has 0 radical (unpaired) electrons. The summed E-state index contributed by atoms with van der Waals surface area (Å²) < 4.78 is 8.23. The van der Waals surface area contributed by atoms with Crippen LogP contribution in [0.25, 0.3) is 0 Å². The van der Waals surface area contributed by atoms with Gasteiger partial charge in [-0.2, -0.15) is 0 Å². The van der Waals surface area contributed by atoms with Gasteiger partial charge in [0.1, 0.15) is 12.1 Å². The van der Waals surface area contributed by atoms with Crippen molar-refractivity contribution in [3.05, 3.63) is 41.5 Å².